The highest BCUT2D eigenvalue weighted by Crippen LogP contribution is 2.47. The molecule has 2 amide bonds. The first kappa shape index (κ1) is 15.9. The van der Waals surface area contributed by atoms with Crippen molar-refractivity contribution in [1.82, 2.24) is 10.6 Å². The number of hydrogen-bond donors (Lipinski definition) is 2. The maximum atomic E-state index is 12.0. The molecule has 0 aliphatic heterocycles. The maximum Gasteiger partial charge on any atom is 0.314 e. The van der Waals surface area contributed by atoms with Crippen LogP contribution in [0.5, 0.6) is 0 Å². The van der Waals surface area contributed by atoms with E-state index in [9.17, 15) is 4.79 Å². The molecule has 2 aromatic rings. The van der Waals surface area contributed by atoms with Crippen LogP contribution in [-0.2, 0) is 11.8 Å². The maximum absolute atomic E-state index is 12.0. The predicted octanol–water partition coefficient (Wildman–Crippen LogP) is 3.91. The quantitative estimate of drug-likeness (QED) is 0.829. The summed E-state index contributed by atoms with van der Waals surface area (Å²) in [5.41, 5.74) is 2.59. The normalized spacial score (nSPS) is 15.0. The molecular formula is C19H21ClN2O. The summed E-state index contributed by atoms with van der Waals surface area (Å²) in [6.07, 6.45) is 3.05. The summed E-state index contributed by atoms with van der Waals surface area (Å²) in [7, 11) is 0. The second-order valence-corrected chi connectivity index (χ2v) is 6.57. The average molecular weight is 329 g/mol. The molecule has 1 saturated carbocycles. The van der Waals surface area contributed by atoms with Gasteiger partial charge in [-0.2, -0.15) is 0 Å². The lowest BCUT2D eigenvalue weighted by Crippen LogP contribution is -2.40. The standard InChI is InChI=1S/C19H21ClN2O/c20-17-8-4-5-15(13-17)9-12-21-18(23)22-14-19(10-11-19)16-6-2-1-3-7-16/h1-8,13H,9-12,14H2,(H2,21,22,23). The van der Waals surface area contributed by atoms with Gasteiger partial charge in [0, 0.05) is 23.5 Å². The van der Waals surface area contributed by atoms with Crippen molar-refractivity contribution < 1.29 is 4.79 Å². The molecule has 0 heterocycles. The van der Waals surface area contributed by atoms with Crippen LogP contribution in [-0.4, -0.2) is 19.1 Å². The fourth-order valence-electron chi connectivity index (χ4n) is 2.83. The van der Waals surface area contributed by atoms with Gasteiger partial charge in [0.15, 0.2) is 0 Å². The highest BCUT2D eigenvalue weighted by atomic mass is 35.5. The van der Waals surface area contributed by atoms with E-state index in [-0.39, 0.29) is 11.4 Å². The van der Waals surface area contributed by atoms with Gasteiger partial charge >= 0.3 is 6.03 Å². The number of urea groups is 1. The number of nitrogens with one attached hydrogen (secondary N) is 2. The Morgan fingerprint density at radius 3 is 2.52 bits per heavy atom. The Morgan fingerprint density at radius 2 is 1.83 bits per heavy atom. The molecule has 0 spiro atoms. The van der Waals surface area contributed by atoms with Crippen LogP contribution >= 0.6 is 11.6 Å². The summed E-state index contributed by atoms with van der Waals surface area (Å²) < 4.78 is 0. The average Bonchev–Trinajstić information content (AvgIpc) is 3.35. The molecular weight excluding hydrogens is 308 g/mol. The van der Waals surface area contributed by atoms with Gasteiger partial charge < -0.3 is 10.6 Å². The molecule has 0 atom stereocenters. The van der Waals surface area contributed by atoms with Crippen LogP contribution in [0, 0.1) is 0 Å². The third-order valence-corrected chi connectivity index (χ3v) is 4.65. The minimum atomic E-state index is -0.103. The van der Waals surface area contributed by atoms with Gasteiger partial charge in [-0.05, 0) is 42.5 Å². The van der Waals surface area contributed by atoms with E-state index in [1.807, 2.05) is 30.3 Å². The Labute approximate surface area is 142 Å². The lowest BCUT2D eigenvalue weighted by atomic mass is 9.96. The van der Waals surface area contributed by atoms with E-state index in [0.717, 1.165) is 29.8 Å². The minimum absolute atomic E-state index is 0.103. The van der Waals surface area contributed by atoms with Crippen LogP contribution in [0.4, 0.5) is 4.79 Å². The Bertz CT molecular complexity index is 668. The first-order chi connectivity index (χ1) is 11.2. The zero-order valence-electron chi connectivity index (χ0n) is 13.0. The molecule has 0 unspecified atom stereocenters. The third kappa shape index (κ3) is 4.26. The smallest absolute Gasteiger partial charge is 0.314 e. The summed E-state index contributed by atoms with van der Waals surface area (Å²) in [6, 6.07) is 18.0. The van der Waals surface area contributed by atoms with Crippen LogP contribution in [0.15, 0.2) is 54.6 Å². The zero-order chi connectivity index (χ0) is 16.1. The first-order valence-corrected chi connectivity index (χ1v) is 8.37. The summed E-state index contributed by atoms with van der Waals surface area (Å²) >= 11 is 5.95. The number of halogens is 1. The summed E-state index contributed by atoms with van der Waals surface area (Å²) in [6.45, 7) is 1.30. The van der Waals surface area contributed by atoms with Crippen LogP contribution < -0.4 is 10.6 Å². The predicted molar refractivity (Wildman–Crippen MR) is 93.9 cm³/mol. The van der Waals surface area contributed by atoms with E-state index in [4.69, 9.17) is 11.6 Å². The second-order valence-electron chi connectivity index (χ2n) is 6.14. The molecule has 2 aromatic carbocycles. The molecule has 0 saturated heterocycles. The van der Waals surface area contributed by atoms with Crippen molar-refractivity contribution in [2.45, 2.75) is 24.7 Å². The molecule has 2 N–H and O–H groups in total. The third-order valence-electron chi connectivity index (χ3n) is 4.42. The fourth-order valence-corrected chi connectivity index (χ4v) is 3.05. The Hall–Kier alpha value is -2.00. The van der Waals surface area contributed by atoms with Gasteiger partial charge in [0.05, 0.1) is 0 Å². The van der Waals surface area contributed by atoms with Gasteiger partial charge in [0.2, 0.25) is 0 Å². The van der Waals surface area contributed by atoms with Crippen LogP contribution in [0.1, 0.15) is 24.0 Å². The number of amides is 2. The summed E-state index contributed by atoms with van der Waals surface area (Å²) in [5, 5.41) is 6.64. The lowest BCUT2D eigenvalue weighted by Gasteiger charge is -2.17. The van der Waals surface area contributed by atoms with E-state index < -0.39 is 0 Å². The molecule has 0 aromatic heterocycles. The van der Waals surface area contributed by atoms with Gasteiger partial charge in [-0.15, -0.1) is 0 Å². The largest absolute Gasteiger partial charge is 0.338 e. The van der Waals surface area contributed by atoms with E-state index in [0.29, 0.717) is 13.1 Å². The molecule has 3 rings (SSSR count). The fraction of sp³-hybridized carbons (Fsp3) is 0.316. The highest BCUT2D eigenvalue weighted by molar-refractivity contribution is 6.30. The topological polar surface area (TPSA) is 41.1 Å². The number of carbonyl (C=O) groups is 1. The highest BCUT2D eigenvalue weighted by Gasteiger charge is 2.44. The minimum Gasteiger partial charge on any atom is -0.338 e. The molecule has 1 aliphatic carbocycles. The van der Waals surface area contributed by atoms with E-state index >= 15 is 0 Å². The van der Waals surface area contributed by atoms with Crippen LogP contribution in [0.3, 0.4) is 0 Å². The molecule has 0 radical (unpaired) electrons. The van der Waals surface area contributed by atoms with Crippen molar-refractivity contribution in [2.24, 2.45) is 0 Å². The van der Waals surface area contributed by atoms with E-state index in [2.05, 4.69) is 34.9 Å². The molecule has 4 heteroatoms. The van der Waals surface area contributed by atoms with E-state index in [1.165, 1.54) is 5.56 Å². The Morgan fingerprint density at radius 1 is 1.04 bits per heavy atom. The van der Waals surface area contributed by atoms with Gasteiger partial charge in [0.25, 0.3) is 0 Å². The second kappa shape index (κ2) is 7.05. The van der Waals surface area contributed by atoms with Crippen LogP contribution in [0.2, 0.25) is 5.02 Å². The molecule has 3 nitrogen and oxygen atoms in total. The zero-order valence-corrected chi connectivity index (χ0v) is 13.8. The molecule has 1 aliphatic rings. The molecule has 0 bridgehead atoms. The lowest BCUT2D eigenvalue weighted by molar-refractivity contribution is 0.240. The SMILES string of the molecule is O=C(NCCc1cccc(Cl)c1)NCC1(c2ccccc2)CC1. The summed E-state index contributed by atoms with van der Waals surface area (Å²) in [4.78, 5) is 12.0. The molecule has 1 fully saturated rings. The first-order valence-electron chi connectivity index (χ1n) is 8.00. The van der Waals surface area contributed by atoms with Crippen molar-refractivity contribution in [3.63, 3.8) is 0 Å². The number of rotatable bonds is 6. The van der Waals surface area contributed by atoms with Crippen molar-refractivity contribution in [1.29, 1.82) is 0 Å². The number of hydrogen-bond acceptors (Lipinski definition) is 1. The number of benzene rings is 2. The monoisotopic (exact) mass is 328 g/mol. The van der Waals surface area contributed by atoms with Gasteiger partial charge in [-0.25, -0.2) is 4.79 Å². The van der Waals surface area contributed by atoms with Gasteiger partial charge in [-0.3, -0.25) is 0 Å². The molecule has 23 heavy (non-hydrogen) atoms. The van der Waals surface area contributed by atoms with Crippen molar-refractivity contribution in [3.05, 3.63) is 70.7 Å². The Kier molecular flexibility index (Phi) is 4.87. The van der Waals surface area contributed by atoms with Crippen LogP contribution in [0.25, 0.3) is 0 Å². The number of carbonyl (C=O) groups excluding carboxylic acids is 1. The van der Waals surface area contributed by atoms with E-state index in [1.54, 1.807) is 0 Å². The van der Waals surface area contributed by atoms with Gasteiger partial charge in [0.1, 0.15) is 0 Å². The van der Waals surface area contributed by atoms with Crippen molar-refractivity contribution >= 4 is 17.6 Å². The van der Waals surface area contributed by atoms with Crippen molar-refractivity contribution in [3.8, 4) is 0 Å². The summed E-state index contributed by atoms with van der Waals surface area (Å²) in [5.74, 6) is 0. The molecule has 120 valence electrons. The van der Waals surface area contributed by atoms with Crippen molar-refractivity contribution in [2.75, 3.05) is 13.1 Å². The van der Waals surface area contributed by atoms with Gasteiger partial charge in [-0.1, -0.05) is 54.1 Å². The Balaban J connectivity index is 1.42.